The van der Waals surface area contributed by atoms with E-state index in [9.17, 15) is 82.7 Å². The average Bonchev–Trinajstić information content (AvgIpc) is 3.78. The fourth-order valence-corrected chi connectivity index (χ4v) is 7.03. The second kappa shape index (κ2) is 26.9. The number of halogens is 12. The Hall–Kier alpha value is -7.90. The van der Waals surface area contributed by atoms with Crippen molar-refractivity contribution in [2.45, 2.75) is 84.7 Å². The van der Waals surface area contributed by atoms with Gasteiger partial charge in [-0.1, -0.05) is 34.8 Å². The van der Waals surface area contributed by atoms with Gasteiger partial charge in [0, 0.05) is 52.7 Å². The molecule has 34 heteroatoms. The molecule has 78 heavy (non-hydrogen) atoms. The molecule has 6 rings (SSSR count). The Bertz CT molecular complexity index is 3010. The lowest BCUT2D eigenvalue weighted by Gasteiger charge is -2.17. The first-order chi connectivity index (χ1) is 36.0. The first-order valence-corrected chi connectivity index (χ1v) is 22.6. The minimum absolute atomic E-state index is 0.00534. The van der Waals surface area contributed by atoms with Crippen LogP contribution >= 0.6 is 34.8 Å². The Labute approximate surface area is 447 Å². The molecule has 22 nitrogen and oxygen atoms in total. The highest BCUT2D eigenvalue weighted by molar-refractivity contribution is 6.31. The van der Waals surface area contributed by atoms with Crippen LogP contribution in [0, 0.1) is 0 Å². The van der Waals surface area contributed by atoms with Gasteiger partial charge in [-0.15, -0.1) is 0 Å². The maximum Gasteiger partial charge on any atom is 0.419 e. The first-order valence-electron chi connectivity index (χ1n) is 21.5. The topological polar surface area (TPSA) is 320 Å². The summed E-state index contributed by atoms with van der Waals surface area (Å²) in [6, 6.07) is 5.11. The molecular weight excluding hydrogens is 1140 g/mol. The smallest absolute Gasteiger partial charge is 0.419 e. The molecule has 0 spiro atoms. The Morgan fingerprint density at radius 3 is 1.22 bits per heavy atom. The molecule has 3 aromatic rings. The molecule has 3 aromatic heterocycles. The minimum Gasteiger partial charge on any atom is -0.481 e. The van der Waals surface area contributed by atoms with Crippen LogP contribution in [-0.2, 0) is 71.2 Å². The molecule has 0 saturated carbocycles. The molecule has 4 amide bonds. The van der Waals surface area contributed by atoms with E-state index in [2.05, 4.69) is 36.0 Å². The van der Waals surface area contributed by atoms with Gasteiger partial charge in [-0.05, 0) is 83.4 Å². The number of hydrogen-bond donors (Lipinski definition) is 6. The molecule has 0 radical (unpaired) electrons. The van der Waals surface area contributed by atoms with E-state index in [4.69, 9.17) is 55.6 Å². The van der Waals surface area contributed by atoms with Crippen molar-refractivity contribution in [1.29, 1.82) is 0 Å². The molecule has 0 atom stereocenters. The van der Waals surface area contributed by atoms with Crippen molar-refractivity contribution >= 4 is 106 Å². The van der Waals surface area contributed by atoms with Crippen molar-refractivity contribution in [2.24, 2.45) is 5.84 Å². The third-order valence-electron chi connectivity index (χ3n) is 10.2. The summed E-state index contributed by atoms with van der Waals surface area (Å²) in [5.74, 6) is -2.46. The van der Waals surface area contributed by atoms with Gasteiger partial charge < -0.3 is 25.1 Å². The third-order valence-corrected chi connectivity index (χ3v) is 11.1. The molecule has 0 aromatic carbocycles. The summed E-state index contributed by atoms with van der Waals surface area (Å²) >= 11 is 16.3. The van der Waals surface area contributed by atoms with E-state index in [-0.39, 0.29) is 96.0 Å². The number of carbonyl (C=O) groups is 9. The average molecular weight is 1180 g/mol. The number of ether oxygens (including phenoxy) is 2. The number of pyridine rings is 3. The maximum absolute atomic E-state index is 12.7. The van der Waals surface area contributed by atoms with Crippen LogP contribution < -0.4 is 22.1 Å². The van der Waals surface area contributed by atoms with E-state index < -0.39 is 104 Å². The predicted octanol–water partition coefficient (Wildman–Crippen LogP) is 8.03. The summed E-state index contributed by atoms with van der Waals surface area (Å²) < 4.78 is 121. The number of nitrogen functional groups attached to an aromatic ring is 1. The van der Waals surface area contributed by atoms with Crippen molar-refractivity contribution in [3.05, 3.63) is 102 Å². The van der Waals surface area contributed by atoms with Gasteiger partial charge in [0.25, 0.3) is 23.6 Å². The summed E-state index contributed by atoms with van der Waals surface area (Å²) in [5.41, 5.74) is 4.13. The number of carboxylic acid groups (broad SMARTS) is 2. The molecule has 6 heterocycles. The first kappa shape index (κ1) is 64.4. The highest BCUT2D eigenvalue weighted by Crippen LogP contribution is 2.37. The lowest BCUT2D eigenvalue weighted by atomic mass is 10.1. The van der Waals surface area contributed by atoms with Gasteiger partial charge in [0.15, 0.2) is 0 Å². The zero-order valence-electron chi connectivity index (χ0n) is 40.1. The number of alkyl halides is 9. The maximum atomic E-state index is 12.7. The third kappa shape index (κ3) is 17.3. The summed E-state index contributed by atoms with van der Waals surface area (Å²) in [7, 11) is 0. The van der Waals surface area contributed by atoms with E-state index >= 15 is 0 Å². The number of hydrazine groups is 3. The van der Waals surface area contributed by atoms with Crippen LogP contribution in [0.1, 0.15) is 82.9 Å². The number of esters is 3. The molecule has 0 aliphatic carbocycles. The molecule has 0 fully saturated rings. The quantitative estimate of drug-likeness (QED) is 0.0159. The fraction of sp³-hybridized carbons (Fsp3) is 0.318. The number of aromatic nitrogens is 3. The molecule has 422 valence electrons. The Morgan fingerprint density at radius 1 is 0.564 bits per heavy atom. The lowest BCUT2D eigenvalue weighted by molar-refractivity contribution is -0.151. The van der Waals surface area contributed by atoms with Gasteiger partial charge in [0.2, 0.25) is 0 Å². The number of carbonyl (C=O) groups excluding carboxylic acids is 7. The van der Waals surface area contributed by atoms with E-state index in [0.717, 1.165) is 24.3 Å². The largest absolute Gasteiger partial charge is 0.481 e. The van der Waals surface area contributed by atoms with Crippen molar-refractivity contribution in [3.63, 3.8) is 0 Å². The molecular formula is C44H39Cl3F9N9O13. The molecule has 0 unspecified atom stereocenters. The second-order valence-corrected chi connectivity index (χ2v) is 16.5. The van der Waals surface area contributed by atoms with Crippen LogP contribution in [0.2, 0.25) is 15.5 Å². The minimum atomic E-state index is -4.69. The van der Waals surface area contributed by atoms with Gasteiger partial charge in [-0.3, -0.25) is 44.4 Å². The van der Waals surface area contributed by atoms with Crippen molar-refractivity contribution in [1.82, 2.24) is 25.0 Å². The summed E-state index contributed by atoms with van der Waals surface area (Å²) in [6.07, 6.45) is -14.6. The number of imide groups is 2. The zero-order chi connectivity index (χ0) is 59.4. The number of carboxylic acids is 2. The molecule has 3 aliphatic heterocycles. The SMILES string of the molecule is CC1=C(CCC(=O)O)C(=O)N(Nc2ccc(C(F)(F)F)c(Cl)n2)C1=O.CC1=C(CCC(=O)O)C(=O)OC1=O.CCOC(=O)CCC1=C(C)C(=O)N(Nc2ccc(C(F)(F)F)c(Cl)n2)C1=O.NNc1ccc(C(F)(F)F)c(Cl)n1. The van der Waals surface area contributed by atoms with E-state index in [0.29, 0.717) is 22.2 Å². The highest BCUT2D eigenvalue weighted by Gasteiger charge is 2.40. The van der Waals surface area contributed by atoms with Gasteiger partial charge in [0.05, 0.1) is 23.3 Å². The number of nitrogens with two attached hydrogens (primary N) is 1. The van der Waals surface area contributed by atoms with Crippen LogP contribution in [0.3, 0.4) is 0 Å². The number of amides is 4. The van der Waals surface area contributed by atoms with E-state index in [1.807, 2.05) is 0 Å². The number of nitrogens with one attached hydrogen (secondary N) is 3. The number of aliphatic carboxylic acids is 2. The Balaban J connectivity index is 0.000000288. The number of nitrogens with zero attached hydrogens (tertiary/aromatic N) is 5. The monoisotopic (exact) mass is 1180 g/mol. The Kier molecular flexibility index (Phi) is 22.2. The highest BCUT2D eigenvalue weighted by atomic mass is 35.5. The van der Waals surface area contributed by atoms with Gasteiger partial charge in [-0.25, -0.2) is 30.4 Å². The molecule has 7 N–H and O–H groups in total. The second-order valence-electron chi connectivity index (χ2n) is 15.4. The van der Waals surface area contributed by atoms with E-state index in [1.165, 1.54) is 20.8 Å². The summed E-state index contributed by atoms with van der Waals surface area (Å²) in [4.78, 5) is 113. The number of rotatable bonds is 15. The number of hydrogen-bond acceptors (Lipinski definition) is 18. The normalized spacial score (nSPS) is 14.6. The van der Waals surface area contributed by atoms with Crippen molar-refractivity contribution in [2.75, 3.05) is 22.9 Å². The molecule has 3 aliphatic rings. The Morgan fingerprint density at radius 2 is 0.910 bits per heavy atom. The number of anilines is 3. The van der Waals surface area contributed by atoms with Crippen LogP contribution in [0.4, 0.5) is 57.0 Å². The fourth-order valence-electron chi connectivity index (χ4n) is 6.24. The van der Waals surface area contributed by atoms with Crippen molar-refractivity contribution in [3.8, 4) is 0 Å². The molecule has 0 saturated heterocycles. The van der Waals surface area contributed by atoms with Gasteiger partial charge >= 0.3 is 48.4 Å². The zero-order valence-corrected chi connectivity index (χ0v) is 42.4. The summed E-state index contributed by atoms with van der Waals surface area (Å²) in [5, 5.41) is 15.9. The molecule has 0 bridgehead atoms. The summed E-state index contributed by atoms with van der Waals surface area (Å²) in [6.45, 7) is 6.05. The van der Waals surface area contributed by atoms with Crippen LogP contribution in [0.15, 0.2) is 69.8 Å². The van der Waals surface area contributed by atoms with Gasteiger partial charge in [-0.2, -0.15) is 49.5 Å². The van der Waals surface area contributed by atoms with Crippen molar-refractivity contribution < 1.29 is 102 Å². The van der Waals surface area contributed by atoms with E-state index in [1.54, 1.807) is 6.92 Å². The van der Waals surface area contributed by atoms with Crippen LogP contribution in [0.5, 0.6) is 0 Å². The van der Waals surface area contributed by atoms with Crippen LogP contribution in [-0.4, -0.2) is 95.3 Å². The van der Waals surface area contributed by atoms with Crippen LogP contribution in [0.25, 0.3) is 0 Å². The standard InChI is InChI=1S/C16H15ClF3N3O4.C14H11ClF3N3O4.C8H8O5.C6H5ClF3N3/c1-3-27-12(24)7-4-9-8(2)14(25)23(15(9)26)22-11-6-5-10(13(17)21-11)16(18,19)20;1-6-7(2-5-10(22)23)13(25)21(12(6)24)20-9-4-3-8(11(15)19-9)14(16,17)18;1-4-5(2-3-6(9)10)8(12)13-7(4)11;7-5-3(6(8,9)10)1-2-4(12-5)13-11/h5-6H,3-4,7H2,1-2H3,(H,21,22);3-4H,2,5H2,1H3,(H,19,20)(H,22,23);2-3H2,1H3,(H,9,10);1-2H,11H2,(H,12,13). The number of cyclic esters (lactones) is 2. The van der Waals surface area contributed by atoms with Gasteiger partial charge in [0.1, 0.15) is 32.9 Å². The lowest BCUT2D eigenvalue weighted by Crippen LogP contribution is -2.37. The predicted molar refractivity (Wildman–Crippen MR) is 250 cm³/mol.